The molecule has 0 aliphatic carbocycles. The molecule has 2 aliphatic rings. The van der Waals surface area contributed by atoms with Gasteiger partial charge in [-0.1, -0.05) is 13.8 Å². The molecule has 0 saturated carbocycles. The van der Waals surface area contributed by atoms with Gasteiger partial charge in [0, 0.05) is 24.3 Å². The molecule has 0 spiro atoms. The molecule has 4 nitrogen and oxygen atoms in total. The molecule has 2 unspecified atom stereocenters. The van der Waals surface area contributed by atoms with E-state index in [2.05, 4.69) is 41.3 Å². The molecule has 0 aromatic carbocycles. The highest BCUT2D eigenvalue weighted by Crippen LogP contribution is 2.24. The normalized spacial score (nSPS) is 26.5. The maximum Gasteiger partial charge on any atom is 0.0992 e. The van der Waals surface area contributed by atoms with Gasteiger partial charge in [0.1, 0.15) is 0 Å². The Morgan fingerprint density at radius 2 is 2.24 bits per heavy atom. The maximum atomic E-state index is 4.58. The van der Waals surface area contributed by atoms with Crippen molar-refractivity contribution in [2.24, 2.45) is 10.9 Å². The van der Waals surface area contributed by atoms with E-state index in [0.29, 0.717) is 5.92 Å². The first-order valence-corrected chi connectivity index (χ1v) is 5.95. The third-order valence-corrected chi connectivity index (χ3v) is 3.21. The lowest BCUT2D eigenvalue weighted by Gasteiger charge is -2.20. The lowest BCUT2D eigenvalue weighted by Crippen LogP contribution is -2.32. The van der Waals surface area contributed by atoms with Crippen LogP contribution < -0.4 is 5.32 Å². The number of nitrogens with one attached hydrogen (secondary N) is 1. The third-order valence-electron chi connectivity index (χ3n) is 3.21. The minimum atomic E-state index is 0.250. The van der Waals surface area contributed by atoms with Crippen molar-refractivity contribution in [3.8, 4) is 0 Å². The standard InChI is InChI=1S/C13H16N4/c1-9(2)11-6-12-13(16-11)5-10(7-15-12)17-4-3-14-8-17/h3-9,12-13,16H,1-2H3. The molecular formula is C13H16N4. The minimum absolute atomic E-state index is 0.250. The largest absolute Gasteiger partial charge is 0.380 e. The minimum Gasteiger partial charge on any atom is -0.380 e. The van der Waals surface area contributed by atoms with Crippen molar-refractivity contribution in [1.29, 1.82) is 0 Å². The van der Waals surface area contributed by atoms with Gasteiger partial charge in [-0.05, 0) is 18.1 Å². The highest BCUT2D eigenvalue weighted by atomic mass is 15.1. The Balaban J connectivity index is 1.84. The van der Waals surface area contributed by atoms with Crippen LogP contribution in [0.15, 0.2) is 41.6 Å². The molecule has 0 saturated heterocycles. The Hall–Kier alpha value is -1.84. The Labute approximate surface area is 101 Å². The van der Waals surface area contributed by atoms with Gasteiger partial charge in [0.05, 0.1) is 24.1 Å². The van der Waals surface area contributed by atoms with Crippen LogP contribution >= 0.6 is 0 Å². The molecular weight excluding hydrogens is 212 g/mol. The van der Waals surface area contributed by atoms with Gasteiger partial charge in [0.2, 0.25) is 0 Å². The van der Waals surface area contributed by atoms with Gasteiger partial charge in [-0.3, -0.25) is 4.99 Å². The molecule has 0 fully saturated rings. The van der Waals surface area contributed by atoms with E-state index in [0.717, 1.165) is 5.70 Å². The topological polar surface area (TPSA) is 42.2 Å². The van der Waals surface area contributed by atoms with Crippen molar-refractivity contribution < 1.29 is 0 Å². The van der Waals surface area contributed by atoms with Crippen LogP contribution in [0.3, 0.4) is 0 Å². The van der Waals surface area contributed by atoms with Gasteiger partial charge >= 0.3 is 0 Å². The molecule has 2 aliphatic heterocycles. The molecule has 1 aromatic heterocycles. The van der Waals surface area contributed by atoms with E-state index < -0.39 is 0 Å². The number of allylic oxidation sites excluding steroid dienone is 2. The fraction of sp³-hybridized carbons (Fsp3) is 0.385. The molecule has 4 heteroatoms. The van der Waals surface area contributed by atoms with Crippen LogP contribution in [-0.4, -0.2) is 27.8 Å². The molecule has 88 valence electrons. The first kappa shape index (κ1) is 10.3. The summed E-state index contributed by atoms with van der Waals surface area (Å²) in [4.78, 5) is 8.63. The van der Waals surface area contributed by atoms with Gasteiger partial charge in [-0.2, -0.15) is 0 Å². The molecule has 1 N–H and O–H groups in total. The van der Waals surface area contributed by atoms with E-state index in [-0.39, 0.29) is 12.1 Å². The van der Waals surface area contributed by atoms with Gasteiger partial charge in [0.15, 0.2) is 0 Å². The van der Waals surface area contributed by atoms with Crippen molar-refractivity contribution in [3.05, 3.63) is 36.6 Å². The van der Waals surface area contributed by atoms with Crippen LogP contribution in [-0.2, 0) is 0 Å². The highest BCUT2D eigenvalue weighted by molar-refractivity contribution is 6.03. The summed E-state index contributed by atoms with van der Waals surface area (Å²) in [7, 11) is 0. The van der Waals surface area contributed by atoms with Crippen molar-refractivity contribution in [3.63, 3.8) is 0 Å². The van der Waals surface area contributed by atoms with Crippen LogP contribution in [0.25, 0.3) is 5.70 Å². The van der Waals surface area contributed by atoms with Crippen molar-refractivity contribution in [1.82, 2.24) is 14.9 Å². The van der Waals surface area contributed by atoms with Gasteiger partial charge in [-0.15, -0.1) is 0 Å². The van der Waals surface area contributed by atoms with Crippen LogP contribution in [0.5, 0.6) is 0 Å². The summed E-state index contributed by atoms with van der Waals surface area (Å²) in [6, 6.07) is 0.537. The van der Waals surface area contributed by atoms with E-state index in [9.17, 15) is 0 Å². The lowest BCUT2D eigenvalue weighted by molar-refractivity contribution is 0.610. The highest BCUT2D eigenvalue weighted by Gasteiger charge is 2.28. The molecule has 2 atom stereocenters. The molecule has 3 heterocycles. The van der Waals surface area contributed by atoms with E-state index >= 15 is 0 Å². The Kier molecular flexibility index (Phi) is 2.35. The molecule has 0 bridgehead atoms. The second-order valence-corrected chi connectivity index (χ2v) is 4.78. The molecule has 1 aromatic rings. The second-order valence-electron chi connectivity index (χ2n) is 4.78. The van der Waals surface area contributed by atoms with E-state index in [1.165, 1.54) is 5.70 Å². The number of fused-ring (bicyclic) bond motifs is 1. The average molecular weight is 228 g/mol. The molecule has 0 radical (unpaired) electrons. The quantitative estimate of drug-likeness (QED) is 0.837. The number of nitrogens with zero attached hydrogens (tertiary/aromatic N) is 3. The van der Waals surface area contributed by atoms with Gasteiger partial charge in [-0.25, -0.2) is 4.98 Å². The van der Waals surface area contributed by atoms with E-state index in [1.54, 1.807) is 12.5 Å². The number of hydrogen-bond acceptors (Lipinski definition) is 3. The number of hydrogen-bond donors (Lipinski definition) is 1. The molecule has 17 heavy (non-hydrogen) atoms. The smallest absolute Gasteiger partial charge is 0.0992 e. The predicted molar refractivity (Wildman–Crippen MR) is 68.6 cm³/mol. The fourth-order valence-electron chi connectivity index (χ4n) is 2.20. The number of dihydropyridines is 1. The second kappa shape index (κ2) is 3.87. The summed E-state index contributed by atoms with van der Waals surface area (Å²) in [5, 5.41) is 3.52. The maximum absolute atomic E-state index is 4.58. The van der Waals surface area contributed by atoms with Crippen molar-refractivity contribution in [2.75, 3.05) is 0 Å². The lowest BCUT2D eigenvalue weighted by atomic mass is 10.1. The number of aliphatic imine (C=N–C) groups is 1. The fourth-order valence-corrected chi connectivity index (χ4v) is 2.20. The third kappa shape index (κ3) is 1.79. The van der Waals surface area contributed by atoms with Crippen molar-refractivity contribution >= 4 is 11.9 Å². The molecule has 3 rings (SSSR count). The first-order chi connectivity index (χ1) is 8.24. The molecule has 0 amide bonds. The van der Waals surface area contributed by atoms with Crippen LogP contribution in [0.2, 0.25) is 0 Å². The van der Waals surface area contributed by atoms with Crippen LogP contribution in [0.4, 0.5) is 0 Å². The zero-order valence-corrected chi connectivity index (χ0v) is 10.0. The monoisotopic (exact) mass is 228 g/mol. The van der Waals surface area contributed by atoms with Crippen LogP contribution in [0.1, 0.15) is 13.8 Å². The van der Waals surface area contributed by atoms with E-state index in [1.807, 2.05) is 17.0 Å². The zero-order chi connectivity index (χ0) is 11.8. The van der Waals surface area contributed by atoms with Crippen LogP contribution in [0, 0.1) is 5.92 Å². The summed E-state index contributed by atoms with van der Waals surface area (Å²) in [5.41, 5.74) is 2.37. The Morgan fingerprint density at radius 3 is 2.94 bits per heavy atom. The average Bonchev–Trinajstić information content (AvgIpc) is 2.97. The predicted octanol–water partition coefficient (Wildman–Crippen LogP) is 1.69. The Morgan fingerprint density at radius 1 is 1.35 bits per heavy atom. The summed E-state index contributed by atoms with van der Waals surface area (Å²) in [5.74, 6) is 0.529. The number of aromatic nitrogens is 2. The van der Waals surface area contributed by atoms with Gasteiger partial charge < -0.3 is 9.88 Å². The van der Waals surface area contributed by atoms with E-state index in [4.69, 9.17) is 0 Å². The number of imidazole rings is 1. The first-order valence-electron chi connectivity index (χ1n) is 5.95. The summed E-state index contributed by atoms with van der Waals surface area (Å²) >= 11 is 0. The summed E-state index contributed by atoms with van der Waals surface area (Å²) < 4.78 is 1.98. The Bertz CT molecular complexity index is 493. The van der Waals surface area contributed by atoms with Crippen molar-refractivity contribution in [2.45, 2.75) is 25.9 Å². The summed E-state index contributed by atoms with van der Waals surface area (Å²) in [6.07, 6.45) is 11.9. The zero-order valence-electron chi connectivity index (χ0n) is 10.0. The summed E-state index contributed by atoms with van der Waals surface area (Å²) in [6.45, 7) is 4.39. The number of rotatable bonds is 2. The SMILES string of the molecule is CC(C)C1=CC2N=CC(n3ccnc3)=CC2N1. The van der Waals surface area contributed by atoms with Gasteiger partial charge in [0.25, 0.3) is 0 Å².